The van der Waals surface area contributed by atoms with E-state index < -0.39 is 15.8 Å². The Morgan fingerprint density at radius 3 is 2.67 bits per heavy atom. The van der Waals surface area contributed by atoms with Crippen molar-refractivity contribution < 1.29 is 18.3 Å². The maximum atomic E-state index is 12.2. The Balaban J connectivity index is 2.11. The standard InChI is InChI=1S/C12H13NO4S/c14-11(15)8-1-2-10-9(5-8)13-6-12(3-4-12)7-18(10,16)17/h1-2,5,13H,3-4,6-7H2,(H,14,15). The summed E-state index contributed by atoms with van der Waals surface area (Å²) in [5, 5.41) is 12.0. The van der Waals surface area contributed by atoms with Gasteiger partial charge in [-0.05, 0) is 31.0 Å². The van der Waals surface area contributed by atoms with E-state index in [9.17, 15) is 13.2 Å². The molecule has 2 aliphatic rings. The first-order valence-corrected chi connectivity index (χ1v) is 7.41. The zero-order chi connectivity index (χ0) is 13.0. The number of sulfone groups is 1. The molecule has 96 valence electrons. The second-order valence-corrected chi connectivity index (χ2v) is 7.09. The minimum atomic E-state index is -3.32. The topological polar surface area (TPSA) is 83.5 Å². The summed E-state index contributed by atoms with van der Waals surface area (Å²) in [5.74, 6) is -0.894. The van der Waals surface area contributed by atoms with Crippen LogP contribution in [0.5, 0.6) is 0 Å². The third kappa shape index (κ3) is 1.77. The van der Waals surface area contributed by atoms with Crippen LogP contribution in [0.2, 0.25) is 0 Å². The number of carbonyl (C=O) groups is 1. The highest BCUT2D eigenvalue weighted by Gasteiger charge is 2.48. The molecule has 6 heteroatoms. The van der Waals surface area contributed by atoms with E-state index in [2.05, 4.69) is 5.32 Å². The maximum absolute atomic E-state index is 12.2. The van der Waals surface area contributed by atoms with Gasteiger partial charge in [0.15, 0.2) is 9.84 Å². The molecule has 1 aromatic rings. The third-order valence-corrected chi connectivity index (χ3v) is 5.69. The van der Waals surface area contributed by atoms with E-state index in [1.54, 1.807) is 0 Å². The molecule has 0 saturated heterocycles. The molecule has 0 aromatic heterocycles. The Morgan fingerprint density at radius 2 is 2.06 bits per heavy atom. The summed E-state index contributed by atoms with van der Waals surface area (Å²) in [5.41, 5.74) is 0.378. The van der Waals surface area contributed by atoms with Gasteiger partial charge in [0, 0.05) is 12.0 Å². The number of fused-ring (bicyclic) bond motifs is 1. The molecule has 1 fully saturated rings. The summed E-state index contributed by atoms with van der Waals surface area (Å²) >= 11 is 0. The second-order valence-electron chi connectivity index (χ2n) is 5.13. The minimum absolute atomic E-state index is 0.100. The van der Waals surface area contributed by atoms with Crippen LogP contribution < -0.4 is 5.32 Å². The highest BCUT2D eigenvalue weighted by molar-refractivity contribution is 7.91. The average molecular weight is 267 g/mol. The Morgan fingerprint density at radius 1 is 1.33 bits per heavy atom. The molecule has 1 aliphatic heterocycles. The van der Waals surface area contributed by atoms with Crippen molar-refractivity contribution >= 4 is 21.5 Å². The summed E-state index contributed by atoms with van der Waals surface area (Å²) in [7, 11) is -3.32. The molecule has 1 heterocycles. The van der Waals surface area contributed by atoms with E-state index in [0.717, 1.165) is 12.8 Å². The molecule has 1 aromatic carbocycles. The van der Waals surface area contributed by atoms with Crippen molar-refractivity contribution in [2.75, 3.05) is 17.6 Å². The van der Waals surface area contributed by atoms with Crippen LogP contribution in [0.15, 0.2) is 23.1 Å². The molecule has 1 saturated carbocycles. The van der Waals surface area contributed by atoms with E-state index >= 15 is 0 Å². The van der Waals surface area contributed by atoms with Crippen LogP contribution in [0, 0.1) is 5.41 Å². The van der Waals surface area contributed by atoms with Crippen LogP contribution in [-0.2, 0) is 9.84 Å². The molecule has 5 nitrogen and oxygen atoms in total. The smallest absolute Gasteiger partial charge is 0.335 e. The molecule has 0 atom stereocenters. The molecule has 1 spiro atoms. The van der Waals surface area contributed by atoms with Gasteiger partial charge in [0.1, 0.15) is 0 Å². The van der Waals surface area contributed by atoms with Gasteiger partial charge in [0.25, 0.3) is 0 Å². The Hall–Kier alpha value is -1.56. The van der Waals surface area contributed by atoms with Gasteiger partial charge in [-0.15, -0.1) is 0 Å². The first-order valence-electron chi connectivity index (χ1n) is 5.76. The van der Waals surface area contributed by atoms with Gasteiger partial charge in [-0.3, -0.25) is 0 Å². The van der Waals surface area contributed by atoms with Crippen LogP contribution in [0.1, 0.15) is 23.2 Å². The molecule has 0 radical (unpaired) electrons. The lowest BCUT2D eigenvalue weighted by Gasteiger charge is -2.10. The fourth-order valence-corrected chi connectivity index (χ4v) is 4.48. The Kier molecular flexibility index (Phi) is 2.22. The predicted octanol–water partition coefficient (Wildman–Crippen LogP) is 1.36. The van der Waals surface area contributed by atoms with Gasteiger partial charge >= 0.3 is 5.97 Å². The molecule has 1 aliphatic carbocycles. The SMILES string of the molecule is O=C(O)c1ccc2c(c1)NCC1(CC1)CS2(=O)=O. The minimum Gasteiger partial charge on any atom is -0.478 e. The molecule has 18 heavy (non-hydrogen) atoms. The summed E-state index contributed by atoms with van der Waals surface area (Å²) in [6.07, 6.45) is 1.83. The van der Waals surface area contributed by atoms with Crippen molar-refractivity contribution in [3.63, 3.8) is 0 Å². The Bertz CT molecular complexity index is 631. The van der Waals surface area contributed by atoms with E-state index in [4.69, 9.17) is 5.11 Å². The van der Waals surface area contributed by atoms with Crippen molar-refractivity contribution in [2.45, 2.75) is 17.7 Å². The molecule has 0 bridgehead atoms. The fourth-order valence-electron chi connectivity index (χ4n) is 2.38. The number of hydrogen-bond donors (Lipinski definition) is 2. The number of anilines is 1. The van der Waals surface area contributed by atoms with E-state index in [1.165, 1.54) is 18.2 Å². The first-order chi connectivity index (χ1) is 8.42. The van der Waals surface area contributed by atoms with E-state index in [-0.39, 0.29) is 21.6 Å². The highest BCUT2D eigenvalue weighted by Crippen LogP contribution is 2.49. The van der Waals surface area contributed by atoms with Crippen molar-refractivity contribution in [1.82, 2.24) is 0 Å². The molecular weight excluding hydrogens is 254 g/mol. The van der Waals surface area contributed by atoms with Gasteiger partial charge in [-0.25, -0.2) is 13.2 Å². The van der Waals surface area contributed by atoms with Crippen LogP contribution in [0.25, 0.3) is 0 Å². The molecular formula is C12H13NO4S. The van der Waals surface area contributed by atoms with Crippen molar-refractivity contribution in [1.29, 1.82) is 0 Å². The van der Waals surface area contributed by atoms with Gasteiger partial charge in [-0.1, -0.05) is 0 Å². The lowest BCUT2D eigenvalue weighted by Crippen LogP contribution is -2.20. The number of benzene rings is 1. The van der Waals surface area contributed by atoms with Crippen molar-refractivity contribution in [3.05, 3.63) is 23.8 Å². The van der Waals surface area contributed by atoms with Crippen molar-refractivity contribution in [3.8, 4) is 0 Å². The largest absolute Gasteiger partial charge is 0.478 e. The van der Waals surface area contributed by atoms with Gasteiger partial charge in [-0.2, -0.15) is 0 Å². The Labute approximate surface area is 105 Å². The van der Waals surface area contributed by atoms with Crippen molar-refractivity contribution in [2.24, 2.45) is 5.41 Å². The van der Waals surface area contributed by atoms with Crippen LogP contribution >= 0.6 is 0 Å². The normalized spacial score (nSPS) is 22.7. The summed E-state index contributed by atoms with van der Waals surface area (Å²) in [6.45, 7) is 0.600. The summed E-state index contributed by atoms with van der Waals surface area (Å²) < 4.78 is 24.5. The van der Waals surface area contributed by atoms with Gasteiger partial charge < -0.3 is 10.4 Å². The van der Waals surface area contributed by atoms with E-state index in [0.29, 0.717) is 12.2 Å². The van der Waals surface area contributed by atoms with E-state index in [1.807, 2.05) is 0 Å². The number of carboxylic acid groups (broad SMARTS) is 1. The quantitative estimate of drug-likeness (QED) is 0.802. The average Bonchev–Trinajstić information content (AvgIpc) is 3.06. The lowest BCUT2D eigenvalue weighted by molar-refractivity contribution is 0.0697. The predicted molar refractivity (Wildman–Crippen MR) is 65.6 cm³/mol. The zero-order valence-electron chi connectivity index (χ0n) is 9.64. The van der Waals surface area contributed by atoms with Crippen LogP contribution in [0.3, 0.4) is 0 Å². The zero-order valence-corrected chi connectivity index (χ0v) is 10.5. The molecule has 3 rings (SSSR count). The number of hydrogen-bond acceptors (Lipinski definition) is 4. The van der Waals surface area contributed by atoms with Crippen LogP contribution in [-0.4, -0.2) is 31.8 Å². The third-order valence-electron chi connectivity index (χ3n) is 3.67. The number of aromatic carboxylic acids is 1. The highest BCUT2D eigenvalue weighted by atomic mass is 32.2. The summed E-state index contributed by atoms with van der Waals surface area (Å²) in [6, 6.07) is 4.13. The maximum Gasteiger partial charge on any atom is 0.335 e. The first kappa shape index (κ1) is 11.5. The molecule has 0 unspecified atom stereocenters. The molecule has 0 amide bonds. The number of nitrogens with one attached hydrogen (secondary N) is 1. The summed E-state index contributed by atoms with van der Waals surface area (Å²) in [4.78, 5) is 11.1. The number of carboxylic acids is 1. The monoisotopic (exact) mass is 267 g/mol. The van der Waals surface area contributed by atoms with Crippen LogP contribution in [0.4, 0.5) is 5.69 Å². The lowest BCUT2D eigenvalue weighted by atomic mass is 10.1. The second kappa shape index (κ2) is 3.47. The fraction of sp³-hybridized carbons (Fsp3) is 0.417. The number of rotatable bonds is 1. The van der Waals surface area contributed by atoms with Gasteiger partial charge in [0.05, 0.1) is 21.9 Å². The van der Waals surface area contributed by atoms with Gasteiger partial charge in [0.2, 0.25) is 0 Å². The molecule has 2 N–H and O–H groups in total.